The van der Waals surface area contributed by atoms with E-state index in [1.165, 1.54) is 23.4 Å². The van der Waals surface area contributed by atoms with Crippen molar-refractivity contribution in [3.8, 4) is 0 Å². The summed E-state index contributed by atoms with van der Waals surface area (Å²) < 4.78 is 28.6. The maximum Gasteiger partial charge on any atom is 0.387 e. The highest BCUT2D eigenvalue weighted by atomic mass is 32.2. The Kier molecular flexibility index (Phi) is 6.00. The van der Waals surface area contributed by atoms with Gasteiger partial charge < -0.3 is 5.11 Å². The minimum atomic E-state index is -1.77. The van der Waals surface area contributed by atoms with Gasteiger partial charge in [0.05, 0.1) is 17.4 Å². The van der Waals surface area contributed by atoms with Crippen molar-refractivity contribution in [2.75, 3.05) is 5.75 Å². The van der Waals surface area contributed by atoms with Crippen LogP contribution in [0.2, 0.25) is 0 Å². The molecule has 0 saturated carbocycles. The van der Waals surface area contributed by atoms with Crippen LogP contribution in [-0.2, 0) is 23.0 Å². The molecule has 0 spiro atoms. The van der Waals surface area contributed by atoms with Gasteiger partial charge in [-0.15, -0.1) is 0 Å². The van der Waals surface area contributed by atoms with Gasteiger partial charge in [0, 0.05) is 11.6 Å². The van der Waals surface area contributed by atoms with Gasteiger partial charge in [0.15, 0.2) is 10.9 Å². The Morgan fingerprint density at radius 1 is 1.50 bits per heavy atom. The molecule has 1 N–H and O–H groups in total. The zero-order valence-corrected chi connectivity index (χ0v) is 14.9. The molecule has 9 heteroatoms. The highest BCUT2D eigenvalue weighted by Crippen LogP contribution is 2.35. The number of carbonyl (C=O) groups is 1. The van der Waals surface area contributed by atoms with Crippen molar-refractivity contribution in [1.82, 2.24) is 14.8 Å². The number of thiol groups is 1. The lowest BCUT2D eigenvalue weighted by molar-refractivity contribution is 0.0126. The van der Waals surface area contributed by atoms with Crippen LogP contribution in [0.25, 0.3) is 0 Å². The zero-order chi connectivity index (χ0) is 17.9. The van der Waals surface area contributed by atoms with Crippen molar-refractivity contribution in [3.63, 3.8) is 0 Å². The summed E-state index contributed by atoms with van der Waals surface area (Å²) in [6, 6.07) is 2.98. The Morgan fingerprint density at radius 2 is 2.21 bits per heavy atom. The van der Waals surface area contributed by atoms with E-state index in [-0.39, 0.29) is 16.6 Å². The molecule has 0 amide bonds. The zero-order valence-electron chi connectivity index (χ0n) is 13.2. The first kappa shape index (κ1) is 18.9. The normalized spacial score (nSPS) is 16.4. The van der Waals surface area contributed by atoms with Crippen molar-refractivity contribution in [3.05, 3.63) is 48.1 Å². The van der Waals surface area contributed by atoms with Gasteiger partial charge in [0.1, 0.15) is 30.0 Å². The second-order valence-corrected chi connectivity index (χ2v) is 8.49. The van der Waals surface area contributed by atoms with Crippen LogP contribution in [0.5, 0.6) is 0 Å². The van der Waals surface area contributed by atoms with Crippen LogP contribution in [0, 0.1) is 11.6 Å². The van der Waals surface area contributed by atoms with Crippen molar-refractivity contribution in [2.45, 2.75) is 31.2 Å². The molecule has 0 aliphatic rings. The maximum atomic E-state index is 14.4. The van der Waals surface area contributed by atoms with Gasteiger partial charge in [0.2, 0.25) is 0 Å². The molecule has 0 saturated heterocycles. The van der Waals surface area contributed by atoms with Crippen LogP contribution in [0.1, 0.15) is 19.4 Å². The van der Waals surface area contributed by atoms with E-state index in [1.54, 1.807) is 13.8 Å². The monoisotopic (exact) mass is 374 g/mol. The summed E-state index contributed by atoms with van der Waals surface area (Å²) in [6.07, 6.45) is 2.67. The number of nitrogens with zero attached hydrogens (tertiary/aromatic N) is 3. The van der Waals surface area contributed by atoms with Crippen LogP contribution in [0.4, 0.5) is 13.6 Å². The first-order chi connectivity index (χ1) is 11.3. The fraction of sp³-hybridized carbons (Fsp3) is 0.400. The first-order valence-corrected chi connectivity index (χ1v) is 9.13. The summed E-state index contributed by atoms with van der Waals surface area (Å²) >= 11 is 3.89. The smallest absolute Gasteiger partial charge is 0.378 e. The molecule has 1 aromatic heterocycles. The molecule has 5 nitrogen and oxygen atoms in total. The van der Waals surface area contributed by atoms with Crippen molar-refractivity contribution in [1.29, 1.82) is 0 Å². The van der Waals surface area contributed by atoms with E-state index in [4.69, 9.17) is 0 Å². The summed E-state index contributed by atoms with van der Waals surface area (Å²) in [5, 5.41) is 14.6. The molecule has 0 radical (unpaired) electrons. The average molecular weight is 374 g/mol. The first-order valence-electron chi connectivity index (χ1n) is 7.22. The summed E-state index contributed by atoms with van der Waals surface area (Å²) in [5.74, 6) is -1.17. The minimum Gasteiger partial charge on any atom is -0.378 e. The topological polar surface area (TPSA) is 68.0 Å². The van der Waals surface area contributed by atoms with E-state index in [9.17, 15) is 18.7 Å². The Morgan fingerprint density at radius 3 is 2.71 bits per heavy atom. The van der Waals surface area contributed by atoms with Crippen LogP contribution < -0.4 is 0 Å². The van der Waals surface area contributed by atoms with Crippen molar-refractivity contribution < 1.29 is 18.7 Å². The van der Waals surface area contributed by atoms with Crippen LogP contribution in [0.3, 0.4) is 0 Å². The van der Waals surface area contributed by atoms with Crippen molar-refractivity contribution in [2.24, 2.45) is 0 Å². The van der Waals surface area contributed by atoms with E-state index >= 15 is 0 Å². The molecule has 0 bridgehead atoms. The molecule has 0 aliphatic heterocycles. The third-order valence-electron chi connectivity index (χ3n) is 3.90. The van der Waals surface area contributed by atoms with Gasteiger partial charge in [-0.2, -0.15) is 5.10 Å². The van der Waals surface area contributed by atoms with E-state index in [0.29, 0.717) is 11.8 Å². The van der Waals surface area contributed by atoms with Crippen LogP contribution in [-0.4, -0.2) is 35.3 Å². The SMILES string of the molecule is CC[S+](C(=O)S)[C@H](C)[C@](O)(Cn1cncn1)c1ccc(F)cc1F. The highest BCUT2D eigenvalue weighted by molar-refractivity contribution is 8.30. The molecule has 2 aromatic rings. The largest absolute Gasteiger partial charge is 0.387 e. The molecular formula is C15H18F2N3O2S2+. The minimum absolute atomic E-state index is 0.0903. The number of rotatable bonds is 6. The fourth-order valence-corrected chi connectivity index (χ4v) is 5.18. The van der Waals surface area contributed by atoms with Crippen molar-refractivity contribution >= 4 is 28.0 Å². The molecule has 0 fully saturated rings. The third kappa shape index (κ3) is 3.79. The lowest BCUT2D eigenvalue weighted by Gasteiger charge is -2.32. The van der Waals surface area contributed by atoms with E-state index in [1.807, 2.05) is 0 Å². The fourth-order valence-electron chi connectivity index (χ4n) is 2.59. The quantitative estimate of drug-likeness (QED) is 0.602. The van der Waals surface area contributed by atoms with Gasteiger partial charge in [-0.3, -0.25) is 0 Å². The second-order valence-electron chi connectivity index (χ2n) is 5.27. The number of halogens is 2. The number of hydrogen-bond acceptors (Lipinski definition) is 4. The Bertz CT molecular complexity index is 715. The predicted octanol–water partition coefficient (Wildman–Crippen LogP) is 2.52. The van der Waals surface area contributed by atoms with Gasteiger partial charge in [-0.1, -0.05) is 6.07 Å². The van der Waals surface area contributed by atoms with Crippen LogP contribution in [0.15, 0.2) is 30.9 Å². The summed E-state index contributed by atoms with van der Waals surface area (Å²) in [6.45, 7) is 3.33. The molecule has 0 aliphatic carbocycles. The molecule has 1 aromatic carbocycles. The number of aliphatic hydroxyl groups is 1. The van der Waals surface area contributed by atoms with Gasteiger partial charge in [-0.05, 0) is 32.5 Å². The highest BCUT2D eigenvalue weighted by Gasteiger charge is 2.50. The van der Waals surface area contributed by atoms with E-state index in [0.717, 1.165) is 6.07 Å². The van der Waals surface area contributed by atoms with Gasteiger partial charge >= 0.3 is 4.45 Å². The molecule has 3 atom stereocenters. The number of aromatic nitrogens is 3. The predicted molar refractivity (Wildman–Crippen MR) is 92.0 cm³/mol. The molecule has 1 heterocycles. The number of hydrogen-bond donors (Lipinski definition) is 2. The Hall–Kier alpha value is -1.45. The average Bonchev–Trinajstić information content (AvgIpc) is 2.99. The lowest BCUT2D eigenvalue weighted by atomic mass is 9.90. The molecule has 130 valence electrons. The molecule has 2 rings (SSSR count). The second kappa shape index (κ2) is 7.62. The number of benzene rings is 1. The third-order valence-corrected chi connectivity index (χ3v) is 6.92. The van der Waals surface area contributed by atoms with Crippen LogP contribution >= 0.6 is 12.6 Å². The summed E-state index contributed by atoms with van der Waals surface area (Å²) in [7, 11) is -0.920. The summed E-state index contributed by atoms with van der Waals surface area (Å²) in [5.41, 5.74) is -1.87. The Labute approximate surface area is 146 Å². The maximum absolute atomic E-state index is 14.4. The molecular weight excluding hydrogens is 356 g/mol. The van der Waals surface area contributed by atoms with E-state index < -0.39 is 33.4 Å². The molecule has 24 heavy (non-hydrogen) atoms. The van der Waals surface area contributed by atoms with Gasteiger partial charge in [-0.25, -0.2) is 23.2 Å². The molecule has 1 unspecified atom stereocenters. The summed E-state index contributed by atoms with van der Waals surface area (Å²) in [4.78, 5) is 15.6. The standard InChI is InChI=1S/C15H17F2N3O2S2/c1-3-24(14(21)23)10(2)15(22,7-20-9-18-8-19-20)12-5-4-11(16)6-13(12)17/h4-6,8-10,22H,3,7H2,1-2H3/p+1/t10-,15-,24?/m1/s1. The number of carbonyl (C=O) groups excluding carboxylic acids is 1. The van der Waals surface area contributed by atoms with E-state index in [2.05, 4.69) is 22.7 Å². The lowest BCUT2D eigenvalue weighted by Crippen LogP contribution is -2.48. The van der Waals surface area contributed by atoms with Gasteiger partial charge in [0.25, 0.3) is 0 Å². The Balaban J connectivity index is 2.53.